The van der Waals surface area contributed by atoms with Gasteiger partial charge >= 0.3 is 6.18 Å². The molecule has 0 spiro atoms. The maximum Gasteiger partial charge on any atom is 0.422 e. The summed E-state index contributed by atoms with van der Waals surface area (Å²) in [7, 11) is 0. The van der Waals surface area contributed by atoms with Crippen LogP contribution in [0.5, 0.6) is 0 Å². The molecular formula is C4H4F6. The molecule has 0 aliphatic rings. The van der Waals surface area contributed by atoms with Crippen LogP contribution in [-0.2, 0) is 0 Å². The van der Waals surface area contributed by atoms with E-state index in [2.05, 4.69) is 0 Å². The first kappa shape index (κ1) is 9.58. The molecule has 10 heavy (non-hydrogen) atoms. The fourth-order valence-corrected chi connectivity index (χ4v) is 0.283. The molecule has 0 aliphatic carbocycles. The predicted octanol–water partition coefficient (Wildman–Crippen LogP) is 2.19. The van der Waals surface area contributed by atoms with Gasteiger partial charge in [0.2, 0.25) is 6.17 Å². The van der Waals surface area contributed by atoms with E-state index in [9.17, 15) is 26.3 Å². The standard InChI is InChI=1S/C4H4F6/c5-1-2(6)3(7)4(8,9)10/h2-3H,1H2. The van der Waals surface area contributed by atoms with E-state index in [4.69, 9.17) is 0 Å². The van der Waals surface area contributed by atoms with Crippen molar-refractivity contribution >= 4 is 0 Å². The van der Waals surface area contributed by atoms with Crippen molar-refractivity contribution in [2.45, 2.75) is 18.5 Å². The molecule has 0 aliphatic heterocycles. The minimum Gasteiger partial charge on any atom is -0.248 e. The summed E-state index contributed by atoms with van der Waals surface area (Å²) >= 11 is 0. The monoisotopic (exact) mass is 166 g/mol. The van der Waals surface area contributed by atoms with E-state index in [1.165, 1.54) is 0 Å². The molecule has 0 rings (SSSR count). The molecule has 0 heterocycles. The first-order valence-corrected chi connectivity index (χ1v) is 2.30. The molecule has 2 atom stereocenters. The van der Waals surface area contributed by atoms with Gasteiger partial charge < -0.3 is 0 Å². The van der Waals surface area contributed by atoms with E-state index in [0.29, 0.717) is 0 Å². The molecule has 0 bridgehead atoms. The van der Waals surface area contributed by atoms with Crippen LogP contribution in [-0.4, -0.2) is 25.2 Å². The molecule has 0 aromatic carbocycles. The van der Waals surface area contributed by atoms with Crippen molar-refractivity contribution in [1.82, 2.24) is 0 Å². The van der Waals surface area contributed by atoms with Crippen LogP contribution >= 0.6 is 0 Å². The zero-order valence-electron chi connectivity index (χ0n) is 4.63. The highest BCUT2D eigenvalue weighted by Gasteiger charge is 2.45. The third-order valence-corrected chi connectivity index (χ3v) is 0.778. The Hall–Kier alpha value is -0.420. The minimum absolute atomic E-state index is 1.96. The SMILES string of the molecule is FCC(F)C(F)C(F)(F)F. The van der Waals surface area contributed by atoms with Gasteiger partial charge in [0.15, 0.2) is 6.17 Å². The number of hydrogen-bond donors (Lipinski definition) is 0. The van der Waals surface area contributed by atoms with Gasteiger partial charge in [-0.15, -0.1) is 0 Å². The zero-order valence-corrected chi connectivity index (χ0v) is 4.63. The predicted molar refractivity (Wildman–Crippen MR) is 21.8 cm³/mol. The number of halogens is 6. The smallest absolute Gasteiger partial charge is 0.248 e. The quantitative estimate of drug-likeness (QED) is 0.551. The van der Waals surface area contributed by atoms with Crippen LogP contribution in [0.4, 0.5) is 26.3 Å². The number of rotatable bonds is 2. The van der Waals surface area contributed by atoms with Crippen molar-refractivity contribution in [2.24, 2.45) is 0 Å². The highest BCUT2D eigenvalue weighted by molar-refractivity contribution is 4.74. The van der Waals surface area contributed by atoms with Gasteiger partial charge in [0, 0.05) is 0 Å². The molecular weight excluding hydrogens is 162 g/mol. The van der Waals surface area contributed by atoms with Crippen LogP contribution in [0.15, 0.2) is 0 Å². The molecule has 0 fully saturated rings. The van der Waals surface area contributed by atoms with Gasteiger partial charge in [0.1, 0.15) is 6.67 Å². The van der Waals surface area contributed by atoms with Crippen LogP contribution in [0, 0.1) is 0 Å². The van der Waals surface area contributed by atoms with Crippen molar-refractivity contribution in [1.29, 1.82) is 0 Å². The first-order chi connectivity index (χ1) is 4.39. The lowest BCUT2D eigenvalue weighted by molar-refractivity contribution is -0.197. The Morgan fingerprint density at radius 1 is 1.10 bits per heavy atom. The third kappa shape index (κ3) is 2.45. The molecule has 2 unspecified atom stereocenters. The van der Waals surface area contributed by atoms with E-state index < -0.39 is 25.2 Å². The van der Waals surface area contributed by atoms with Gasteiger partial charge in [0.25, 0.3) is 0 Å². The lowest BCUT2D eigenvalue weighted by Gasteiger charge is -2.13. The second-order valence-corrected chi connectivity index (χ2v) is 1.61. The lowest BCUT2D eigenvalue weighted by Crippen LogP contribution is -2.34. The highest BCUT2D eigenvalue weighted by atomic mass is 19.4. The Morgan fingerprint density at radius 2 is 1.50 bits per heavy atom. The Kier molecular flexibility index (Phi) is 2.98. The Bertz CT molecular complexity index is 96.4. The topological polar surface area (TPSA) is 0 Å². The van der Waals surface area contributed by atoms with E-state index >= 15 is 0 Å². The molecule has 0 N–H and O–H groups in total. The fraction of sp³-hybridized carbons (Fsp3) is 1.00. The second kappa shape index (κ2) is 3.12. The Balaban J connectivity index is 3.94. The lowest BCUT2D eigenvalue weighted by atomic mass is 10.2. The summed E-state index contributed by atoms with van der Waals surface area (Å²) in [5.74, 6) is 0. The summed E-state index contributed by atoms with van der Waals surface area (Å²) in [6.07, 6.45) is -12.1. The van der Waals surface area contributed by atoms with Crippen molar-refractivity contribution in [3.8, 4) is 0 Å². The summed E-state index contributed by atoms with van der Waals surface area (Å²) in [6, 6.07) is 0. The van der Waals surface area contributed by atoms with Gasteiger partial charge in [-0.1, -0.05) is 0 Å². The molecule has 0 aromatic rings. The molecule has 0 radical (unpaired) electrons. The summed E-state index contributed by atoms with van der Waals surface area (Å²) in [5, 5.41) is 0. The Morgan fingerprint density at radius 3 is 1.60 bits per heavy atom. The van der Waals surface area contributed by atoms with Crippen LogP contribution < -0.4 is 0 Å². The third-order valence-electron chi connectivity index (χ3n) is 0.778. The highest BCUT2D eigenvalue weighted by Crippen LogP contribution is 2.26. The van der Waals surface area contributed by atoms with Crippen molar-refractivity contribution in [3.63, 3.8) is 0 Å². The van der Waals surface area contributed by atoms with Crippen molar-refractivity contribution < 1.29 is 26.3 Å². The van der Waals surface area contributed by atoms with Gasteiger partial charge in [0.05, 0.1) is 0 Å². The molecule has 0 amide bonds. The summed E-state index contributed by atoms with van der Waals surface area (Å²) in [5.41, 5.74) is 0. The van der Waals surface area contributed by atoms with E-state index in [0.717, 1.165) is 0 Å². The molecule has 0 saturated carbocycles. The number of alkyl halides is 6. The molecule has 6 heteroatoms. The minimum atomic E-state index is -5.30. The van der Waals surface area contributed by atoms with E-state index in [-0.39, 0.29) is 0 Å². The maximum atomic E-state index is 11.6. The average molecular weight is 166 g/mol. The summed E-state index contributed by atoms with van der Waals surface area (Å²) in [4.78, 5) is 0. The summed E-state index contributed by atoms with van der Waals surface area (Å²) in [6.45, 7) is -1.96. The van der Waals surface area contributed by atoms with Gasteiger partial charge in [-0.05, 0) is 0 Å². The fourth-order valence-electron chi connectivity index (χ4n) is 0.283. The van der Waals surface area contributed by atoms with Crippen LogP contribution in [0.1, 0.15) is 0 Å². The van der Waals surface area contributed by atoms with Gasteiger partial charge in [-0.2, -0.15) is 13.2 Å². The largest absolute Gasteiger partial charge is 0.422 e. The molecule has 0 aromatic heterocycles. The van der Waals surface area contributed by atoms with Crippen molar-refractivity contribution in [2.75, 3.05) is 6.67 Å². The molecule has 0 nitrogen and oxygen atoms in total. The van der Waals surface area contributed by atoms with Crippen LogP contribution in [0.3, 0.4) is 0 Å². The normalized spacial score (nSPS) is 18.6. The molecule has 62 valence electrons. The Labute approximate surface area is 52.8 Å². The maximum absolute atomic E-state index is 11.6. The van der Waals surface area contributed by atoms with Crippen LogP contribution in [0.2, 0.25) is 0 Å². The number of hydrogen-bond acceptors (Lipinski definition) is 0. The van der Waals surface area contributed by atoms with Gasteiger partial charge in [-0.3, -0.25) is 0 Å². The second-order valence-electron chi connectivity index (χ2n) is 1.61. The summed E-state index contributed by atoms with van der Waals surface area (Å²) < 4.78 is 67.5. The van der Waals surface area contributed by atoms with Gasteiger partial charge in [-0.25, -0.2) is 13.2 Å². The van der Waals surface area contributed by atoms with Crippen molar-refractivity contribution in [3.05, 3.63) is 0 Å². The van der Waals surface area contributed by atoms with E-state index in [1.807, 2.05) is 0 Å². The van der Waals surface area contributed by atoms with E-state index in [1.54, 1.807) is 0 Å². The molecule has 0 saturated heterocycles. The van der Waals surface area contributed by atoms with Crippen LogP contribution in [0.25, 0.3) is 0 Å². The first-order valence-electron chi connectivity index (χ1n) is 2.30. The average Bonchev–Trinajstić information content (AvgIpc) is 1.83. The zero-order chi connectivity index (χ0) is 8.36.